The third-order valence-corrected chi connectivity index (χ3v) is 5.61. The molecule has 1 N–H and O–H groups in total. The predicted molar refractivity (Wildman–Crippen MR) is 80.9 cm³/mol. The summed E-state index contributed by atoms with van der Waals surface area (Å²) in [7, 11) is -3.32. The van der Waals surface area contributed by atoms with E-state index < -0.39 is 15.7 Å². The summed E-state index contributed by atoms with van der Waals surface area (Å²) >= 11 is 5.84. The summed E-state index contributed by atoms with van der Waals surface area (Å²) in [6.07, 6.45) is 0.404. The molecule has 0 fully saturated rings. The van der Waals surface area contributed by atoms with E-state index in [0.29, 0.717) is 17.0 Å². The molecule has 1 aliphatic heterocycles. The van der Waals surface area contributed by atoms with Gasteiger partial charge < -0.3 is 5.32 Å². The first-order valence-corrected chi connectivity index (χ1v) is 8.53. The van der Waals surface area contributed by atoms with Crippen molar-refractivity contribution >= 4 is 27.1 Å². The van der Waals surface area contributed by atoms with Crippen LogP contribution in [0.25, 0.3) is 0 Å². The third-order valence-electron chi connectivity index (χ3n) is 3.54. The summed E-state index contributed by atoms with van der Waals surface area (Å²) in [5.41, 5.74) is 1.30. The lowest BCUT2D eigenvalue weighted by atomic mass is 10.0. The molecule has 6 heteroatoms. The fourth-order valence-electron chi connectivity index (χ4n) is 2.51. The molecule has 1 unspecified atom stereocenters. The van der Waals surface area contributed by atoms with Crippen molar-refractivity contribution < 1.29 is 12.8 Å². The maximum Gasteiger partial charge on any atom is 0.178 e. The quantitative estimate of drug-likeness (QED) is 0.854. The average molecular weight is 326 g/mol. The van der Waals surface area contributed by atoms with Crippen LogP contribution in [-0.2, 0) is 9.84 Å². The zero-order chi connectivity index (χ0) is 15.0. The van der Waals surface area contributed by atoms with Gasteiger partial charge >= 0.3 is 0 Å². The van der Waals surface area contributed by atoms with Crippen LogP contribution in [0, 0.1) is 5.82 Å². The fourth-order valence-corrected chi connectivity index (χ4v) is 4.24. The first-order chi connectivity index (χ1) is 9.95. The molecule has 0 saturated heterocycles. The lowest BCUT2D eigenvalue weighted by molar-refractivity contribution is 0.570. The monoisotopic (exact) mass is 325 g/mol. The molecule has 0 spiro atoms. The van der Waals surface area contributed by atoms with Gasteiger partial charge in [0.1, 0.15) is 5.82 Å². The predicted octanol–water partition coefficient (Wildman–Crippen LogP) is 3.81. The van der Waals surface area contributed by atoms with E-state index in [0.717, 1.165) is 5.69 Å². The van der Waals surface area contributed by atoms with Crippen molar-refractivity contribution in [2.45, 2.75) is 17.4 Å². The molecular formula is C15H13ClFNO2S. The number of halogens is 2. The van der Waals surface area contributed by atoms with Gasteiger partial charge in [-0.2, -0.15) is 0 Å². The molecule has 3 nitrogen and oxygen atoms in total. The maximum atomic E-state index is 13.5. The Kier molecular flexibility index (Phi) is 3.63. The van der Waals surface area contributed by atoms with E-state index in [1.165, 1.54) is 18.2 Å². The third kappa shape index (κ3) is 2.89. The molecule has 110 valence electrons. The standard InChI is InChI=1S/C15H13ClFNO2S/c16-10-1-4-12(5-2-10)18-14-7-8-21(19,20)15-6-3-11(17)9-13(14)15/h1-6,9,14,18H,7-8H2. The van der Waals surface area contributed by atoms with Gasteiger partial charge in [0, 0.05) is 10.7 Å². The minimum absolute atomic E-state index is 0.0525. The summed E-state index contributed by atoms with van der Waals surface area (Å²) in [5.74, 6) is -0.384. The zero-order valence-electron chi connectivity index (χ0n) is 11.0. The van der Waals surface area contributed by atoms with E-state index in [4.69, 9.17) is 11.6 Å². The summed E-state index contributed by atoms with van der Waals surface area (Å²) < 4.78 is 37.6. The van der Waals surface area contributed by atoms with E-state index in [9.17, 15) is 12.8 Å². The first-order valence-electron chi connectivity index (χ1n) is 6.50. The van der Waals surface area contributed by atoms with Crippen molar-refractivity contribution in [2.75, 3.05) is 11.1 Å². The fraction of sp³-hybridized carbons (Fsp3) is 0.200. The van der Waals surface area contributed by atoms with Crippen LogP contribution < -0.4 is 5.32 Å². The van der Waals surface area contributed by atoms with Gasteiger partial charge in [0.2, 0.25) is 0 Å². The van der Waals surface area contributed by atoms with Crippen LogP contribution in [0.2, 0.25) is 5.02 Å². The normalized spacial score (nSPS) is 19.8. The summed E-state index contributed by atoms with van der Waals surface area (Å²) in [5, 5.41) is 3.86. The Morgan fingerprint density at radius 1 is 1.14 bits per heavy atom. The summed E-state index contributed by atoms with van der Waals surface area (Å²) in [6, 6.07) is 10.7. The van der Waals surface area contributed by atoms with Gasteiger partial charge in [0.25, 0.3) is 0 Å². The lowest BCUT2D eigenvalue weighted by Gasteiger charge is -2.27. The number of sulfone groups is 1. The molecule has 1 heterocycles. The summed E-state index contributed by atoms with van der Waals surface area (Å²) in [6.45, 7) is 0. The van der Waals surface area contributed by atoms with Crippen molar-refractivity contribution in [3.8, 4) is 0 Å². The maximum absolute atomic E-state index is 13.5. The van der Waals surface area contributed by atoms with Gasteiger partial charge in [-0.1, -0.05) is 11.6 Å². The number of hydrogen-bond donors (Lipinski definition) is 1. The molecule has 0 aromatic heterocycles. The van der Waals surface area contributed by atoms with Crippen molar-refractivity contribution in [1.82, 2.24) is 0 Å². The molecule has 0 saturated carbocycles. The number of anilines is 1. The van der Waals surface area contributed by atoms with Crippen molar-refractivity contribution in [1.29, 1.82) is 0 Å². The molecule has 3 rings (SSSR count). The van der Waals surface area contributed by atoms with Crippen molar-refractivity contribution in [3.05, 3.63) is 58.9 Å². The summed E-state index contributed by atoms with van der Waals surface area (Å²) in [4.78, 5) is 0.210. The number of benzene rings is 2. The Balaban J connectivity index is 1.98. The molecule has 2 aromatic rings. The number of fused-ring (bicyclic) bond motifs is 1. The van der Waals surface area contributed by atoms with E-state index in [1.807, 2.05) is 12.1 Å². The number of nitrogens with one attached hydrogen (secondary N) is 1. The van der Waals surface area contributed by atoms with Gasteiger partial charge in [-0.15, -0.1) is 0 Å². The lowest BCUT2D eigenvalue weighted by Crippen LogP contribution is -2.24. The van der Waals surface area contributed by atoms with Crippen LogP contribution in [0.15, 0.2) is 47.4 Å². The highest BCUT2D eigenvalue weighted by atomic mass is 35.5. The SMILES string of the molecule is O=S1(=O)CCC(Nc2ccc(Cl)cc2)c2cc(F)ccc21. The first kappa shape index (κ1) is 14.4. The molecule has 21 heavy (non-hydrogen) atoms. The highest BCUT2D eigenvalue weighted by Gasteiger charge is 2.30. The molecule has 1 atom stereocenters. The molecule has 0 bridgehead atoms. The largest absolute Gasteiger partial charge is 0.378 e. The van der Waals surface area contributed by atoms with E-state index in [1.54, 1.807) is 12.1 Å². The van der Waals surface area contributed by atoms with E-state index in [2.05, 4.69) is 5.32 Å². The van der Waals surface area contributed by atoms with Gasteiger partial charge in [-0.05, 0) is 54.4 Å². The van der Waals surface area contributed by atoms with Crippen molar-refractivity contribution in [3.63, 3.8) is 0 Å². The molecule has 0 amide bonds. The average Bonchev–Trinajstić information content (AvgIpc) is 2.44. The van der Waals surface area contributed by atoms with Gasteiger partial charge in [0.05, 0.1) is 16.7 Å². The van der Waals surface area contributed by atoms with Crippen LogP contribution in [0.4, 0.5) is 10.1 Å². The Labute approximate surface area is 127 Å². The Hall–Kier alpha value is -1.59. The van der Waals surface area contributed by atoms with Crippen LogP contribution in [0.5, 0.6) is 0 Å². The molecule has 0 aliphatic carbocycles. The van der Waals surface area contributed by atoms with Crippen LogP contribution in [-0.4, -0.2) is 14.2 Å². The number of hydrogen-bond acceptors (Lipinski definition) is 3. The number of rotatable bonds is 2. The second-order valence-corrected chi connectivity index (χ2v) is 7.51. The highest BCUT2D eigenvalue weighted by molar-refractivity contribution is 7.91. The Morgan fingerprint density at radius 3 is 2.57 bits per heavy atom. The zero-order valence-corrected chi connectivity index (χ0v) is 12.6. The van der Waals surface area contributed by atoms with Crippen LogP contribution >= 0.6 is 11.6 Å². The van der Waals surface area contributed by atoms with E-state index in [-0.39, 0.29) is 16.7 Å². The minimum atomic E-state index is -3.32. The van der Waals surface area contributed by atoms with Crippen molar-refractivity contribution in [2.24, 2.45) is 0 Å². The second kappa shape index (κ2) is 5.31. The molecule has 1 aliphatic rings. The molecule has 2 aromatic carbocycles. The second-order valence-electron chi connectivity index (χ2n) is 4.99. The minimum Gasteiger partial charge on any atom is -0.378 e. The van der Waals surface area contributed by atoms with Crippen LogP contribution in [0.1, 0.15) is 18.0 Å². The highest BCUT2D eigenvalue weighted by Crippen LogP contribution is 2.35. The van der Waals surface area contributed by atoms with Gasteiger partial charge in [-0.25, -0.2) is 12.8 Å². The van der Waals surface area contributed by atoms with Gasteiger partial charge in [0.15, 0.2) is 9.84 Å². The Morgan fingerprint density at radius 2 is 1.86 bits per heavy atom. The van der Waals surface area contributed by atoms with Gasteiger partial charge in [-0.3, -0.25) is 0 Å². The topological polar surface area (TPSA) is 46.2 Å². The molecular weight excluding hydrogens is 313 g/mol. The molecule has 0 radical (unpaired) electrons. The Bertz CT molecular complexity index is 775. The smallest absolute Gasteiger partial charge is 0.178 e. The van der Waals surface area contributed by atoms with Crippen LogP contribution in [0.3, 0.4) is 0 Å². The van der Waals surface area contributed by atoms with E-state index >= 15 is 0 Å².